The van der Waals surface area contributed by atoms with Gasteiger partial charge in [0.25, 0.3) is 0 Å². The first-order chi connectivity index (χ1) is 13.0. The molecule has 6 heteroatoms. The minimum absolute atomic E-state index is 0.00336. The first-order valence-electron chi connectivity index (χ1n) is 9.55. The van der Waals surface area contributed by atoms with Crippen LogP contribution in [0.2, 0.25) is 0 Å². The van der Waals surface area contributed by atoms with Gasteiger partial charge >= 0.3 is 0 Å². The maximum Gasteiger partial charge on any atom is 0.236 e. The third-order valence-electron chi connectivity index (χ3n) is 4.75. The van der Waals surface area contributed by atoms with Crippen molar-refractivity contribution in [3.63, 3.8) is 0 Å². The lowest BCUT2D eigenvalue weighted by molar-refractivity contribution is -0.132. The molecule has 2 aromatic heterocycles. The van der Waals surface area contributed by atoms with Crippen LogP contribution in [-0.4, -0.2) is 53.0 Å². The summed E-state index contributed by atoms with van der Waals surface area (Å²) in [5.41, 5.74) is 2.40. The third-order valence-corrected chi connectivity index (χ3v) is 5.76. The molecule has 0 aliphatic carbocycles. The van der Waals surface area contributed by atoms with E-state index < -0.39 is 0 Å². The molecule has 1 unspecified atom stereocenters. The molecule has 0 aromatic carbocycles. The predicted molar refractivity (Wildman–Crippen MR) is 109 cm³/mol. The van der Waals surface area contributed by atoms with E-state index >= 15 is 0 Å². The highest BCUT2D eigenvalue weighted by Crippen LogP contribution is 2.20. The second kappa shape index (κ2) is 9.44. The Kier molecular flexibility index (Phi) is 6.99. The average Bonchev–Trinajstić information content (AvgIpc) is 2.97. The Morgan fingerprint density at radius 3 is 2.70 bits per heavy atom. The Morgan fingerprint density at radius 1 is 1.26 bits per heavy atom. The summed E-state index contributed by atoms with van der Waals surface area (Å²) in [6, 6.07) is 6.09. The molecule has 1 fully saturated rings. The van der Waals surface area contributed by atoms with Gasteiger partial charge < -0.3 is 9.64 Å². The maximum atomic E-state index is 12.8. The van der Waals surface area contributed by atoms with Crippen molar-refractivity contribution in [1.29, 1.82) is 0 Å². The van der Waals surface area contributed by atoms with Crippen LogP contribution < -0.4 is 0 Å². The van der Waals surface area contributed by atoms with Gasteiger partial charge in [-0.1, -0.05) is 13.8 Å². The highest BCUT2D eigenvalue weighted by Gasteiger charge is 2.29. The monoisotopic (exact) mass is 387 g/mol. The number of rotatable bonds is 7. The van der Waals surface area contributed by atoms with Crippen LogP contribution in [0.1, 0.15) is 29.9 Å². The van der Waals surface area contributed by atoms with Crippen LogP contribution in [0.25, 0.3) is 0 Å². The number of ether oxygens (including phenoxy) is 1. The van der Waals surface area contributed by atoms with Crippen molar-refractivity contribution >= 4 is 17.2 Å². The molecule has 0 saturated carbocycles. The largest absolute Gasteiger partial charge is 0.370 e. The lowest BCUT2D eigenvalue weighted by Gasteiger charge is -2.26. The first-order valence-corrected chi connectivity index (χ1v) is 10.4. The van der Waals surface area contributed by atoms with E-state index in [-0.39, 0.29) is 12.0 Å². The summed E-state index contributed by atoms with van der Waals surface area (Å²) < 4.78 is 6.23. The molecule has 3 rings (SSSR count). The number of aryl methyl sites for hydroxylation is 1. The second-order valence-corrected chi connectivity index (χ2v) is 8.68. The Hall–Kier alpha value is -1.76. The number of pyridine rings is 1. The highest BCUT2D eigenvalue weighted by molar-refractivity contribution is 7.10. The van der Waals surface area contributed by atoms with Crippen LogP contribution in [0.5, 0.6) is 0 Å². The lowest BCUT2D eigenvalue weighted by atomic mass is 10.2. The minimum atomic E-state index is 0.00336. The number of thiophene rings is 1. The lowest BCUT2D eigenvalue weighted by Crippen LogP contribution is -2.40. The van der Waals surface area contributed by atoms with E-state index in [1.807, 2.05) is 17.0 Å². The van der Waals surface area contributed by atoms with Crippen LogP contribution in [-0.2, 0) is 22.7 Å². The average molecular weight is 388 g/mol. The van der Waals surface area contributed by atoms with Crippen molar-refractivity contribution in [2.24, 2.45) is 5.92 Å². The fourth-order valence-corrected chi connectivity index (χ4v) is 4.30. The van der Waals surface area contributed by atoms with Gasteiger partial charge in [0.15, 0.2) is 0 Å². The molecule has 0 radical (unpaired) electrons. The highest BCUT2D eigenvalue weighted by atomic mass is 32.1. The Labute approximate surface area is 166 Å². The summed E-state index contributed by atoms with van der Waals surface area (Å²) in [5, 5.41) is 2.12. The van der Waals surface area contributed by atoms with Gasteiger partial charge in [-0.05, 0) is 47.5 Å². The normalized spacial score (nSPS) is 18.9. The van der Waals surface area contributed by atoms with Gasteiger partial charge in [-0.2, -0.15) is 0 Å². The van der Waals surface area contributed by atoms with Gasteiger partial charge in [-0.25, -0.2) is 0 Å². The molecule has 1 atom stereocenters. The molecule has 27 heavy (non-hydrogen) atoms. The van der Waals surface area contributed by atoms with E-state index in [1.165, 1.54) is 10.4 Å². The third kappa shape index (κ3) is 5.86. The number of carbonyl (C=O) groups is 1. The molecule has 146 valence electrons. The zero-order valence-corrected chi connectivity index (χ0v) is 17.2. The fraction of sp³-hybridized carbons (Fsp3) is 0.524. The van der Waals surface area contributed by atoms with E-state index in [4.69, 9.17) is 4.74 Å². The molecule has 0 N–H and O–H groups in total. The second-order valence-electron chi connectivity index (χ2n) is 7.68. The molecule has 0 spiro atoms. The maximum absolute atomic E-state index is 12.8. The number of amides is 1. The zero-order valence-electron chi connectivity index (χ0n) is 16.4. The quantitative estimate of drug-likeness (QED) is 0.731. The predicted octanol–water partition coefficient (Wildman–Crippen LogP) is 3.34. The van der Waals surface area contributed by atoms with E-state index in [2.05, 4.69) is 42.1 Å². The molecule has 1 saturated heterocycles. The molecule has 5 nitrogen and oxygen atoms in total. The van der Waals surface area contributed by atoms with Crippen LogP contribution in [0.15, 0.2) is 36.0 Å². The summed E-state index contributed by atoms with van der Waals surface area (Å²) in [6.45, 7) is 10.4. The standard InChI is InChI=1S/C21H29N3O2S/c1-16(2)10-24-12-19(26-15-18-4-7-22-8-5-18)11-23(14-21(24)25)13-20-17(3)6-9-27-20/h4-9,16,19H,10-15H2,1-3H3. The van der Waals surface area contributed by atoms with Crippen molar-refractivity contribution in [2.45, 2.75) is 40.0 Å². The van der Waals surface area contributed by atoms with Gasteiger partial charge in [-0.15, -0.1) is 11.3 Å². The molecule has 0 bridgehead atoms. The van der Waals surface area contributed by atoms with E-state index in [9.17, 15) is 4.79 Å². The molecule has 1 amide bonds. The van der Waals surface area contributed by atoms with E-state index in [0.29, 0.717) is 25.6 Å². The Balaban J connectivity index is 1.70. The van der Waals surface area contributed by atoms with E-state index in [0.717, 1.165) is 25.2 Å². The molecule has 3 heterocycles. The van der Waals surface area contributed by atoms with Gasteiger partial charge in [-0.3, -0.25) is 14.7 Å². The van der Waals surface area contributed by atoms with Crippen molar-refractivity contribution < 1.29 is 9.53 Å². The molecule has 1 aliphatic heterocycles. The number of hydrogen-bond acceptors (Lipinski definition) is 5. The molecular weight excluding hydrogens is 358 g/mol. The Bertz CT molecular complexity index is 732. The van der Waals surface area contributed by atoms with Crippen molar-refractivity contribution in [1.82, 2.24) is 14.8 Å². The van der Waals surface area contributed by atoms with Gasteiger partial charge in [0.2, 0.25) is 5.91 Å². The van der Waals surface area contributed by atoms with Crippen molar-refractivity contribution in [3.8, 4) is 0 Å². The van der Waals surface area contributed by atoms with Crippen molar-refractivity contribution in [2.75, 3.05) is 26.2 Å². The number of hydrogen-bond donors (Lipinski definition) is 0. The SMILES string of the molecule is Cc1ccsc1CN1CC(=O)N(CC(C)C)CC(OCc2ccncc2)C1. The summed E-state index contributed by atoms with van der Waals surface area (Å²) >= 11 is 1.76. The zero-order chi connectivity index (χ0) is 19.2. The van der Waals surface area contributed by atoms with Gasteiger partial charge in [0.05, 0.1) is 19.3 Å². The van der Waals surface area contributed by atoms with Crippen LogP contribution in [0.3, 0.4) is 0 Å². The summed E-state index contributed by atoms with van der Waals surface area (Å²) in [6.07, 6.45) is 3.57. The van der Waals surface area contributed by atoms with Crippen LogP contribution >= 0.6 is 11.3 Å². The summed E-state index contributed by atoms with van der Waals surface area (Å²) in [5.74, 6) is 0.647. The molecular formula is C21H29N3O2S. The summed E-state index contributed by atoms with van der Waals surface area (Å²) in [4.78, 5) is 22.4. The van der Waals surface area contributed by atoms with E-state index in [1.54, 1.807) is 23.7 Å². The summed E-state index contributed by atoms with van der Waals surface area (Å²) in [7, 11) is 0. The number of carbonyl (C=O) groups excluding carboxylic acids is 1. The fourth-order valence-electron chi connectivity index (χ4n) is 3.35. The smallest absolute Gasteiger partial charge is 0.236 e. The van der Waals surface area contributed by atoms with Gasteiger partial charge in [0.1, 0.15) is 0 Å². The molecule has 2 aromatic rings. The Morgan fingerprint density at radius 2 is 2.04 bits per heavy atom. The van der Waals surface area contributed by atoms with Gasteiger partial charge in [0, 0.05) is 43.4 Å². The topological polar surface area (TPSA) is 45.7 Å². The number of aromatic nitrogens is 1. The molecule has 1 aliphatic rings. The minimum Gasteiger partial charge on any atom is -0.370 e. The van der Waals surface area contributed by atoms with Crippen LogP contribution in [0, 0.1) is 12.8 Å². The van der Waals surface area contributed by atoms with Crippen molar-refractivity contribution in [3.05, 3.63) is 52.0 Å². The first kappa shape index (κ1) is 20.0. The van der Waals surface area contributed by atoms with Crippen LogP contribution in [0.4, 0.5) is 0 Å². The number of nitrogens with zero attached hydrogens (tertiary/aromatic N) is 3.